The Morgan fingerprint density at radius 1 is 1.50 bits per heavy atom. The van der Waals surface area contributed by atoms with Crippen molar-refractivity contribution in [3.05, 3.63) is 10.4 Å². The van der Waals surface area contributed by atoms with Crippen LogP contribution in [-0.4, -0.2) is 25.8 Å². The zero-order chi connectivity index (χ0) is 12.7. The van der Waals surface area contributed by atoms with Crippen LogP contribution >= 0.6 is 11.3 Å². The van der Waals surface area contributed by atoms with E-state index in [1.807, 2.05) is 0 Å². The van der Waals surface area contributed by atoms with Crippen molar-refractivity contribution in [2.24, 2.45) is 0 Å². The number of nitrogens with zero attached hydrogens (tertiary/aromatic N) is 2. The molecule has 0 aromatic carbocycles. The number of hydrogen-bond donors (Lipinski definition) is 1. The topological polar surface area (TPSA) is 62.3 Å². The third-order valence-corrected chi connectivity index (χ3v) is 4.77. The van der Waals surface area contributed by atoms with Crippen LogP contribution in [0.5, 0.6) is 0 Å². The molecule has 1 saturated heterocycles. The summed E-state index contributed by atoms with van der Waals surface area (Å²) in [7, 11) is 0. The third kappa shape index (κ3) is 1.96. The minimum atomic E-state index is 0.250. The Balaban J connectivity index is 1.97. The smallest absolute Gasteiger partial charge is 0.130 e. The second-order valence-electron chi connectivity index (χ2n) is 5.08. The first-order valence-corrected chi connectivity index (χ1v) is 7.21. The molecule has 2 heterocycles. The van der Waals surface area contributed by atoms with E-state index in [1.54, 1.807) is 11.3 Å². The summed E-state index contributed by atoms with van der Waals surface area (Å²) in [6.07, 6.45) is 2.66. The van der Waals surface area contributed by atoms with Gasteiger partial charge in [0, 0.05) is 18.7 Å². The lowest BCUT2D eigenvalue weighted by Crippen LogP contribution is -2.41. The molecule has 1 aliphatic carbocycles. The zero-order valence-electron chi connectivity index (χ0n) is 10.5. The van der Waals surface area contributed by atoms with Gasteiger partial charge in [-0.2, -0.15) is 5.26 Å². The van der Waals surface area contributed by atoms with Crippen LogP contribution in [0.4, 0.5) is 10.7 Å². The summed E-state index contributed by atoms with van der Waals surface area (Å²) in [6.45, 7) is 4.63. The van der Waals surface area contributed by atoms with E-state index >= 15 is 0 Å². The zero-order valence-corrected chi connectivity index (χ0v) is 11.3. The molecule has 1 aliphatic heterocycles. The van der Waals surface area contributed by atoms with Crippen molar-refractivity contribution in [3.63, 3.8) is 0 Å². The van der Waals surface area contributed by atoms with Crippen molar-refractivity contribution < 1.29 is 4.74 Å². The Morgan fingerprint density at radius 3 is 2.89 bits per heavy atom. The molecule has 0 bridgehead atoms. The number of thiophene rings is 1. The van der Waals surface area contributed by atoms with Crippen molar-refractivity contribution in [3.8, 4) is 6.07 Å². The molecular formula is C13H17N3OS. The molecule has 2 fully saturated rings. The predicted molar refractivity (Wildman–Crippen MR) is 73.0 cm³/mol. The molecule has 1 saturated carbocycles. The molecule has 18 heavy (non-hydrogen) atoms. The molecule has 0 spiro atoms. The fourth-order valence-electron chi connectivity index (χ4n) is 2.53. The van der Waals surface area contributed by atoms with Crippen LogP contribution in [-0.2, 0) is 4.74 Å². The van der Waals surface area contributed by atoms with Crippen LogP contribution in [0, 0.1) is 11.3 Å². The van der Waals surface area contributed by atoms with Gasteiger partial charge in [-0.25, -0.2) is 0 Å². The van der Waals surface area contributed by atoms with E-state index in [0.29, 0.717) is 10.8 Å². The predicted octanol–water partition coefficient (Wildman–Crippen LogP) is 2.30. The number of ether oxygens (including phenoxy) is 1. The van der Waals surface area contributed by atoms with Gasteiger partial charge in [-0.1, -0.05) is 0 Å². The Morgan fingerprint density at radius 2 is 2.28 bits per heavy atom. The summed E-state index contributed by atoms with van der Waals surface area (Å²) < 4.78 is 5.58. The average Bonchev–Trinajstić information content (AvgIpc) is 3.13. The standard InChI is InChI=1S/C13H17N3OS/c1-8-7-16(4-5-17-8)13-11(9-2-3-9)12(15)10(6-14)18-13/h8-9H,2-5,7,15H2,1H3. The first-order chi connectivity index (χ1) is 8.70. The second kappa shape index (κ2) is 4.45. The van der Waals surface area contributed by atoms with Gasteiger partial charge in [-0.05, 0) is 25.7 Å². The minimum Gasteiger partial charge on any atom is -0.397 e. The summed E-state index contributed by atoms with van der Waals surface area (Å²) in [5.41, 5.74) is 8.08. The maximum absolute atomic E-state index is 9.15. The van der Waals surface area contributed by atoms with E-state index in [0.717, 1.165) is 25.4 Å². The number of nitrogens with two attached hydrogens (primary N) is 1. The molecule has 5 heteroatoms. The molecule has 1 aromatic heterocycles. The Kier molecular flexibility index (Phi) is 2.92. The molecule has 2 N–H and O–H groups in total. The van der Waals surface area contributed by atoms with E-state index in [2.05, 4.69) is 17.9 Å². The summed E-state index contributed by atoms with van der Waals surface area (Å²) in [4.78, 5) is 3.01. The monoisotopic (exact) mass is 263 g/mol. The summed E-state index contributed by atoms with van der Waals surface area (Å²) >= 11 is 1.55. The molecule has 96 valence electrons. The van der Waals surface area contributed by atoms with Crippen LogP contribution in [0.3, 0.4) is 0 Å². The number of rotatable bonds is 2. The van der Waals surface area contributed by atoms with E-state index < -0.39 is 0 Å². The first kappa shape index (κ1) is 11.8. The lowest BCUT2D eigenvalue weighted by molar-refractivity contribution is 0.0534. The number of hydrogen-bond acceptors (Lipinski definition) is 5. The lowest BCUT2D eigenvalue weighted by Gasteiger charge is -2.32. The van der Waals surface area contributed by atoms with Crippen LogP contribution in [0.25, 0.3) is 0 Å². The van der Waals surface area contributed by atoms with Gasteiger partial charge in [-0.15, -0.1) is 11.3 Å². The molecular weight excluding hydrogens is 246 g/mol. The van der Waals surface area contributed by atoms with Crippen LogP contribution in [0.15, 0.2) is 0 Å². The number of morpholine rings is 1. The summed E-state index contributed by atoms with van der Waals surface area (Å²) in [5.74, 6) is 0.580. The highest BCUT2D eigenvalue weighted by atomic mass is 32.1. The molecule has 3 rings (SSSR count). The van der Waals surface area contributed by atoms with Gasteiger partial charge in [0.1, 0.15) is 10.9 Å². The van der Waals surface area contributed by atoms with Crippen molar-refractivity contribution in [1.29, 1.82) is 5.26 Å². The van der Waals surface area contributed by atoms with Gasteiger partial charge in [0.2, 0.25) is 0 Å². The maximum Gasteiger partial charge on any atom is 0.130 e. The lowest BCUT2D eigenvalue weighted by atomic mass is 10.1. The van der Waals surface area contributed by atoms with Crippen LogP contribution in [0.1, 0.15) is 36.1 Å². The maximum atomic E-state index is 9.15. The van der Waals surface area contributed by atoms with Crippen molar-refractivity contribution >= 4 is 22.0 Å². The van der Waals surface area contributed by atoms with Crippen molar-refractivity contribution in [2.45, 2.75) is 31.8 Å². The Bertz CT molecular complexity index is 501. The largest absolute Gasteiger partial charge is 0.397 e. The van der Waals surface area contributed by atoms with E-state index in [-0.39, 0.29) is 6.10 Å². The molecule has 1 atom stereocenters. The van der Waals surface area contributed by atoms with Gasteiger partial charge in [0.05, 0.1) is 23.4 Å². The van der Waals surface area contributed by atoms with E-state index in [1.165, 1.54) is 23.4 Å². The molecule has 2 aliphatic rings. The van der Waals surface area contributed by atoms with Crippen molar-refractivity contribution in [2.75, 3.05) is 30.3 Å². The highest BCUT2D eigenvalue weighted by Crippen LogP contribution is 2.51. The SMILES string of the molecule is CC1CN(c2sc(C#N)c(N)c2C2CC2)CCO1. The average molecular weight is 263 g/mol. The molecule has 0 radical (unpaired) electrons. The fraction of sp³-hybridized carbons (Fsp3) is 0.615. The highest BCUT2D eigenvalue weighted by Gasteiger charge is 2.34. The second-order valence-corrected chi connectivity index (χ2v) is 6.08. The van der Waals surface area contributed by atoms with Gasteiger partial charge < -0.3 is 15.4 Å². The van der Waals surface area contributed by atoms with Gasteiger partial charge in [-0.3, -0.25) is 0 Å². The van der Waals surface area contributed by atoms with E-state index in [4.69, 9.17) is 15.7 Å². The molecule has 1 unspecified atom stereocenters. The third-order valence-electron chi connectivity index (χ3n) is 3.58. The van der Waals surface area contributed by atoms with Gasteiger partial charge >= 0.3 is 0 Å². The summed E-state index contributed by atoms with van der Waals surface area (Å²) in [5, 5.41) is 10.4. The number of nitriles is 1. The summed E-state index contributed by atoms with van der Waals surface area (Å²) in [6, 6.07) is 2.22. The number of nitrogen functional groups attached to an aromatic ring is 1. The van der Waals surface area contributed by atoms with E-state index in [9.17, 15) is 0 Å². The van der Waals surface area contributed by atoms with Gasteiger partial charge in [0.15, 0.2) is 0 Å². The Hall–Kier alpha value is -1.25. The van der Waals surface area contributed by atoms with Crippen LogP contribution in [0.2, 0.25) is 0 Å². The quantitative estimate of drug-likeness (QED) is 0.889. The molecule has 1 aromatic rings. The van der Waals surface area contributed by atoms with Gasteiger partial charge in [0.25, 0.3) is 0 Å². The number of anilines is 2. The minimum absolute atomic E-state index is 0.250. The molecule has 4 nitrogen and oxygen atoms in total. The van der Waals surface area contributed by atoms with Crippen LogP contribution < -0.4 is 10.6 Å². The molecule has 0 amide bonds. The Labute approximate surface area is 111 Å². The fourth-order valence-corrected chi connectivity index (χ4v) is 3.67. The first-order valence-electron chi connectivity index (χ1n) is 6.39. The normalized spacial score (nSPS) is 24.0. The highest BCUT2D eigenvalue weighted by molar-refractivity contribution is 7.17. The van der Waals surface area contributed by atoms with Crippen molar-refractivity contribution in [1.82, 2.24) is 0 Å².